The van der Waals surface area contributed by atoms with Gasteiger partial charge in [-0.25, -0.2) is 4.98 Å². The molecule has 0 aliphatic rings. The Bertz CT molecular complexity index is 774. The molecule has 0 saturated carbocycles. The summed E-state index contributed by atoms with van der Waals surface area (Å²) in [6, 6.07) is 5.90. The van der Waals surface area contributed by atoms with Crippen LogP contribution in [0.2, 0.25) is 0 Å². The van der Waals surface area contributed by atoms with Gasteiger partial charge in [0.1, 0.15) is 10.9 Å². The van der Waals surface area contributed by atoms with Gasteiger partial charge < -0.3 is 4.74 Å². The third-order valence-electron chi connectivity index (χ3n) is 3.15. The van der Waals surface area contributed by atoms with E-state index in [9.17, 15) is 4.79 Å². The molecule has 3 aromatic rings. The van der Waals surface area contributed by atoms with E-state index in [1.807, 2.05) is 30.5 Å². The van der Waals surface area contributed by atoms with Crippen LogP contribution in [0.1, 0.15) is 15.9 Å². The Morgan fingerprint density at radius 1 is 1.50 bits per heavy atom. The Morgan fingerprint density at radius 3 is 3.05 bits per heavy atom. The molecule has 0 saturated heterocycles. The number of rotatable bonds is 4. The van der Waals surface area contributed by atoms with Crippen molar-refractivity contribution in [1.29, 1.82) is 0 Å². The van der Waals surface area contributed by atoms with E-state index in [-0.39, 0.29) is 11.7 Å². The Hall–Kier alpha value is -1.50. The Balaban J connectivity index is 1.98. The molecular formula is C14H14N2O2S2. The molecule has 0 spiro atoms. The highest BCUT2D eigenvalue weighted by Gasteiger charge is 2.15. The van der Waals surface area contributed by atoms with Gasteiger partial charge in [-0.1, -0.05) is 6.07 Å². The van der Waals surface area contributed by atoms with Crippen molar-refractivity contribution in [3.8, 4) is 0 Å². The largest absolute Gasteiger partial charge is 0.374 e. The molecule has 104 valence electrons. The average molecular weight is 306 g/mol. The van der Waals surface area contributed by atoms with Crippen LogP contribution in [0.5, 0.6) is 0 Å². The number of hydrogen-bond donors (Lipinski definition) is 0. The third-order valence-corrected chi connectivity index (χ3v) is 5.07. The Morgan fingerprint density at radius 2 is 2.35 bits per heavy atom. The quantitative estimate of drug-likeness (QED) is 0.743. The highest BCUT2D eigenvalue weighted by molar-refractivity contribution is 7.18. The lowest BCUT2D eigenvalue weighted by molar-refractivity contribution is 0.0897. The fraction of sp³-hybridized carbons (Fsp3) is 0.286. The van der Waals surface area contributed by atoms with Crippen LogP contribution in [-0.2, 0) is 11.3 Å². The maximum absolute atomic E-state index is 12.4. The standard InChI is InChI=1S/C14H14N2O2S2/c1-9-6-10-13(20-9)15-8-16(14(10)17)7-11(18-2)12-4-3-5-19-12/h3-6,8,11H,7H2,1-2H3. The van der Waals surface area contributed by atoms with Gasteiger partial charge in [0.25, 0.3) is 5.56 Å². The lowest BCUT2D eigenvalue weighted by atomic mass is 10.3. The number of hydrogen-bond acceptors (Lipinski definition) is 5. The maximum Gasteiger partial charge on any atom is 0.262 e. The van der Waals surface area contributed by atoms with Crippen LogP contribution >= 0.6 is 22.7 Å². The minimum Gasteiger partial charge on any atom is -0.374 e. The first-order valence-corrected chi connectivity index (χ1v) is 7.90. The van der Waals surface area contributed by atoms with Crippen molar-refractivity contribution in [2.45, 2.75) is 19.6 Å². The van der Waals surface area contributed by atoms with E-state index in [0.717, 1.165) is 14.6 Å². The van der Waals surface area contributed by atoms with E-state index in [2.05, 4.69) is 4.98 Å². The lowest BCUT2D eigenvalue weighted by Gasteiger charge is -2.14. The molecule has 1 unspecified atom stereocenters. The van der Waals surface area contributed by atoms with E-state index in [1.165, 1.54) is 0 Å². The lowest BCUT2D eigenvalue weighted by Crippen LogP contribution is -2.23. The first-order valence-electron chi connectivity index (χ1n) is 6.21. The number of nitrogens with zero attached hydrogens (tertiary/aromatic N) is 2. The predicted octanol–water partition coefficient (Wildman–Crippen LogP) is 3.22. The summed E-state index contributed by atoms with van der Waals surface area (Å²) in [4.78, 5) is 19.8. The maximum atomic E-state index is 12.4. The van der Waals surface area contributed by atoms with Gasteiger partial charge in [0.05, 0.1) is 18.3 Å². The molecule has 0 bridgehead atoms. The Labute approximate surface area is 124 Å². The van der Waals surface area contributed by atoms with Gasteiger partial charge in [0, 0.05) is 16.9 Å². The molecule has 0 amide bonds. The zero-order valence-electron chi connectivity index (χ0n) is 11.2. The molecular weight excluding hydrogens is 292 g/mol. The Kier molecular flexibility index (Phi) is 3.69. The van der Waals surface area contributed by atoms with Crippen molar-refractivity contribution in [3.05, 3.63) is 50.0 Å². The number of methoxy groups -OCH3 is 1. The summed E-state index contributed by atoms with van der Waals surface area (Å²) in [6.45, 7) is 2.47. The van der Waals surface area contributed by atoms with Gasteiger partial charge in [-0.05, 0) is 24.4 Å². The molecule has 0 N–H and O–H groups in total. The fourth-order valence-corrected chi connectivity index (χ4v) is 3.78. The molecule has 0 aromatic carbocycles. The number of aryl methyl sites for hydroxylation is 1. The van der Waals surface area contributed by atoms with Crippen LogP contribution in [0.3, 0.4) is 0 Å². The van der Waals surface area contributed by atoms with Crippen LogP contribution < -0.4 is 5.56 Å². The summed E-state index contributed by atoms with van der Waals surface area (Å²) in [5, 5.41) is 2.70. The highest BCUT2D eigenvalue weighted by atomic mass is 32.1. The third kappa shape index (κ3) is 2.42. The zero-order chi connectivity index (χ0) is 14.1. The molecule has 6 heteroatoms. The highest BCUT2D eigenvalue weighted by Crippen LogP contribution is 2.24. The SMILES string of the molecule is COC(Cn1cnc2sc(C)cc2c1=O)c1cccs1. The molecule has 0 fully saturated rings. The van der Waals surface area contributed by atoms with Crippen molar-refractivity contribution in [2.24, 2.45) is 0 Å². The summed E-state index contributed by atoms with van der Waals surface area (Å²) < 4.78 is 7.12. The monoisotopic (exact) mass is 306 g/mol. The summed E-state index contributed by atoms with van der Waals surface area (Å²) >= 11 is 3.17. The molecule has 0 aliphatic carbocycles. The van der Waals surface area contributed by atoms with E-state index in [4.69, 9.17) is 4.74 Å². The summed E-state index contributed by atoms with van der Waals surface area (Å²) in [6.07, 6.45) is 1.49. The van der Waals surface area contributed by atoms with Gasteiger partial charge in [0.2, 0.25) is 0 Å². The van der Waals surface area contributed by atoms with E-state index >= 15 is 0 Å². The zero-order valence-corrected chi connectivity index (χ0v) is 12.8. The van der Waals surface area contributed by atoms with Gasteiger partial charge >= 0.3 is 0 Å². The molecule has 20 heavy (non-hydrogen) atoms. The molecule has 0 radical (unpaired) electrons. The summed E-state index contributed by atoms with van der Waals surface area (Å²) in [7, 11) is 1.66. The minimum absolute atomic E-state index is 0.00189. The van der Waals surface area contributed by atoms with Crippen LogP contribution in [-0.4, -0.2) is 16.7 Å². The molecule has 3 heterocycles. The van der Waals surface area contributed by atoms with Crippen molar-refractivity contribution in [1.82, 2.24) is 9.55 Å². The molecule has 3 aromatic heterocycles. The van der Waals surface area contributed by atoms with Gasteiger partial charge in [-0.2, -0.15) is 0 Å². The molecule has 0 aliphatic heterocycles. The van der Waals surface area contributed by atoms with E-state index in [0.29, 0.717) is 11.9 Å². The topological polar surface area (TPSA) is 44.1 Å². The second kappa shape index (κ2) is 5.47. The van der Waals surface area contributed by atoms with Crippen LogP contribution in [0.25, 0.3) is 10.2 Å². The van der Waals surface area contributed by atoms with E-state index in [1.54, 1.807) is 40.7 Å². The number of aromatic nitrogens is 2. The number of thiophene rings is 2. The first kappa shape index (κ1) is 13.5. The summed E-state index contributed by atoms with van der Waals surface area (Å²) in [5.74, 6) is 0. The second-order valence-electron chi connectivity index (χ2n) is 4.52. The number of ether oxygens (including phenoxy) is 1. The average Bonchev–Trinajstić information content (AvgIpc) is 3.07. The number of fused-ring (bicyclic) bond motifs is 1. The van der Waals surface area contributed by atoms with Crippen LogP contribution in [0.15, 0.2) is 34.7 Å². The molecule has 3 rings (SSSR count). The van der Waals surface area contributed by atoms with Gasteiger partial charge in [-0.15, -0.1) is 22.7 Å². The minimum atomic E-state index is -0.119. The van der Waals surface area contributed by atoms with Crippen molar-refractivity contribution >= 4 is 32.9 Å². The normalized spacial score (nSPS) is 12.9. The van der Waals surface area contributed by atoms with Crippen molar-refractivity contribution in [3.63, 3.8) is 0 Å². The van der Waals surface area contributed by atoms with Crippen molar-refractivity contribution < 1.29 is 4.74 Å². The predicted molar refractivity (Wildman–Crippen MR) is 82.7 cm³/mol. The summed E-state index contributed by atoms with van der Waals surface area (Å²) in [5.41, 5.74) is -0.00189. The molecule has 4 nitrogen and oxygen atoms in total. The van der Waals surface area contributed by atoms with Gasteiger partial charge in [0.15, 0.2) is 0 Å². The van der Waals surface area contributed by atoms with Crippen LogP contribution in [0, 0.1) is 6.92 Å². The van der Waals surface area contributed by atoms with Gasteiger partial charge in [-0.3, -0.25) is 9.36 Å². The molecule has 1 atom stereocenters. The first-order chi connectivity index (χ1) is 9.69. The second-order valence-corrected chi connectivity index (χ2v) is 6.73. The fourth-order valence-electron chi connectivity index (χ4n) is 2.14. The van der Waals surface area contributed by atoms with Crippen molar-refractivity contribution in [2.75, 3.05) is 7.11 Å². The smallest absolute Gasteiger partial charge is 0.262 e. The van der Waals surface area contributed by atoms with E-state index < -0.39 is 0 Å². The van der Waals surface area contributed by atoms with Crippen LogP contribution in [0.4, 0.5) is 0 Å².